The average Bonchev–Trinajstić information content (AvgIpc) is 3.12. The van der Waals surface area contributed by atoms with Gasteiger partial charge in [-0.15, -0.1) is 17.9 Å². The maximum atomic E-state index is 12.6. The first-order valence-corrected chi connectivity index (χ1v) is 11.5. The number of thiazole rings is 1. The lowest BCUT2D eigenvalue weighted by Crippen LogP contribution is -2.24. The van der Waals surface area contributed by atoms with E-state index in [2.05, 4.69) is 26.3 Å². The monoisotopic (exact) mass is 479 g/mol. The quantitative estimate of drug-likeness (QED) is 0.443. The number of nitrogens with one attached hydrogen (secondary N) is 2. The number of anilines is 1. The molecule has 0 atom stereocenters. The summed E-state index contributed by atoms with van der Waals surface area (Å²) in [5.74, 6) is -0.491. The lowest BCUT2D eigenvalue weighted by Gasteiger charge is -2.07. The zero-order chi connectivity index (χ0) is 23.3. The first kappa shape index (κ1) is 23.5. The molecule has 0 radical (unpaired) electrons. The summed E-state index contributed by atoms with van der Waals surface area (Å²) in [4.78, 5) is 17.8. The van der Waals surface area contributed by atoms with Gasteiger partial charge in [0.25, 0.3) is 5.91 Å². The molecule has 1 heterocycles. The number of benzene rings is 2. The second-order valence-corrected chi connectivity index (χ2v) is 9.42. The van der Waals surface area contributed by atoms with E-state index in [1.807, 2.05) is 6.92 Å². The highest BCUT2D eigenvalue weighted by Gasteiger charge is 2.17. The topological polar surface area (TPSA) is 97.4 Å². The number of carbonyl (C=O) groups excluding carboxylic acids is 1. The Hall–Kier alpha value is -3.15. The Bertz CT molecular complexity index is 1230. The minimum Gasteiger partial charge on any atom is -0.435 e. The molecular weight excluding hydrogens is 460 g/mol. The molecule has 2 aromatic carbocycles. The fourth-order valence-corrected chi connectivity index (χ4v) is 4.61. The van der Waals surface area contributed by atoms with Gasteiger partial charge in [0.15, 0.2) is 5.13 Å². The molecule has 32 heavy (non-hydrogen) atoms. The third-order valence-electron chi connectivity index (χ3n) is 4.19. The van der Waals surface area contributed by atoms with E-state index in [4.69, 9.17) is 0 Å². The van der Waals surface area contributed by atoms with Gasteiger partial charge in [0.2, 0.25) is 10.0 Å². The van der Waals surface area contributed by atoms with E-state index in [1.54, 1.807) is 12.1 Å². The predicted molar refractivity (Wildman–Crippen MR) is 119 cm³/mol. The summed E-state index contributed by atoms with van der Waals surface area (Å²) in [7, 11) is -3.77. The zero-order valence-electron chi connectivity index (χ0n) is 16.8. The fourth-order valence-electron chi connectivity index (χ4n) is 2.74. The van der Waals surface area contributed by atoms with Crippen LogP contribution in [-0.2, 0) is 10.0 Å². The number of sulfonamides is 1. The van der Waals surface area contributed by atoms with Crippen molar-refractivity contribution in [3.63, 3.8) is 0 Å². The fraction of sp³-hybridized carbons (Fsp3) is 0.143. The number of rotatable bonds is 9. The van der Waals surface area contributed by atoms with Crippen molar-refractivity contribution in [2.75, 3.05) is 11.9 Å². The Morgan fingerprint density at radius 3 is 2.62 bits per heavy atom. The second kappa shape index (κ2) is 9.98. The number of ether oxygens (including phenoxy) is 1. The molecule has 2 N–H and O–H groups in total. The van der Waals surface area contributed by atoms with Gasteiger partial charge in [-0.2, -0.15) is 8.78 Å². The average molecular weight is 480 g/mol. The van der Waals surface area contributed by atoms with Crippen molar-refractivity contribution in [2.45, 2.75) is 18.4 Å². The van der Waals surface area contributed by atoms with Crippen molar-refractivity contribution in [1.82, 2.24) is 9.71 Å². The number of alkyl halides is 2. The van der Waals surface area contributed by atoms with Crippen molar-refractivity contribution in [1.29, 1.82) is 0 Å². The van der Waals surface area contributed by atoms with Gasteiger partial charge >= 0.3 is 6.61 Å². The number of halogens is 2. The lowest BCUT2D eigenvalue weighted by molar-refractivity contribution is -0.0498. The van der Waals surface area contributed by atoms with E-state index in [0.717, 1.165) is 4.88 Å². The van der Waals surface area contributed by atoms with Gasteiger partial charge in [-0.25, -0.2) is 18.1 Å². The number of aryl methyl sites for hydroxylation is 1. The van der Waals surface area contributed by atoms with Gasteiger partial charge in [0.1, 0.15) is 5.75 Å². The van der Waals surface area contributed by atoms with Gasteiger partial charge in [-0.05, 0) is 49.4 Å². The number of amides is 1. The molecule has 0 aliphatic carbocycles. The zero-order valence-corrected chi connectivity index (χ0v) is 18.5. The standard InChI is InChI=1S/C21H19F2N3O4S2/c1-3-11-24-32(28,29)17-6-4-5-15(12-17)19(27)26-21-25-18(13(2)31-21)14-7-9-16(10-8-14)30-20(22)23/h3-10,12,20,24H,1,11H2,2H3,(H,25,26,27). The highest BCUT2D eigenvalue weighted by Crippen LogP contribution is 2.31. The lowest BCUT2D eigenvalue weighted by atomic mass is 10.1. The molecule has 0 aliphatic heterocycles. The van der Waals surface area contributed by atoms with Crippen molar-refractivity contribution in [2.24, 2.45) is 0 Å². The molecular formula is C21H19F2N3O4S2. The normalized spacial score (nSPS) is 11.4. The van der Waals surface area contributed by atoms with Crippen LogP contribution in [0, 0.1) is 6.92 Å². The SMILES string of the molecule is C=CCNS(=O)(=O)c1cccc(C(=O)Nc2nc(-c3ccc(OC(F)F)cc3)c(C)s2)c1. The van der Waals surface area contributed by atoms with Gasteiger partial charge in [-0.3, -0.25) is 10.1 Å². The number of nitrogens with zero attached hydrogens (tertiary/aromatic N) is 1. The third-order valence-corrected chi connectivity index (χ3v) is 6.50. The summed E-state index contributed by atoms with van der Waals surface area (Å²) in [5.41, 5.74) is 1.40. The number of aromatic nitrogens is 1. The molecule has 0 saturated heterocycles. The van der Waals surface area contributed by atoms with Crippen LogP contribution in [0.4, 0.5) is 13.9 Å². The van der Waals surface area contributed by atoms with E-state index in [9.17, 15) is 22.0 Å². The van der Waals surface area contributed by atoms with E-state index in [0.29, 0.717) is 16.4 Å². The van der Waals surface area contributed by atoms with Crippen LogP contribution in [0.2, 0.25) is 0 Å². The Kier molecular flexibility index (Phi) is 7.33. The largest absolute Gasteiger partial charge is 0.435 e. The molecule has 0 fully saturated rings. The van der Waals surface area contributed by atoms with Crippen LogP contribution in [-0.4, -0.2) is 32.5 Å². The van der Waals surface area contributed by atoms with Crippen molar-refractivity contribution in [3.8, 4) is 17.0 Å². The molecule has 0 saturated carbocycles. The second-order valence-electron chi connectivity index (χ2n) is 6.45. The summed E-state index contributed by atoms with van der Waals surface area (Å²) in [5, 5.41) is 2.98. The molecule has 3 aromatic rings. The predicted octanol–water partition coefficient (Wildman–Crippen LogP) is 4.44. The van der Waals surface area contributed by atoms with E-state index >= 15 is 0 Å². The first-order chi connectivity index (χ1) is 15.2. The maximum Gasteiger partial charge on any atom is 0.387 e. The molecule has 3 rings (SSSR count). The molecule has 1 amide bonds. The summed E-state index contributed by atoms with van der Waals surface area (Å²) < 4.78 is 55.8. The number of hydrogen-bond acceptors (Lipinski definition) is 6. The van der Waals surface area contributed by atoms with Crippen LogP contribution in [0.25, 0.3) is 11.3 Å². The van der Waals surface area contributed by atoms with Gasteiger partial charge in [0, 0.05) is 22.5 Å². The summed E-state index contributed by atoms with van der Waals surface area (Å²) >= 11 is 1.23. The molecule has 1 aromatic heterocycles. The van der Waals surface area contributed by atoms with E-state index in [-0.39, 0.29) is 22.8 Å². The van der Waals surface area contributed by atoms with Crippen LogP contribution < -0.4 is 14.8 Å². The molecule has 7 nitrogen and oxygen atoms in total. The third kappa shape index (κ3) is 5.75. The maximum absolute atomic E-state index is 12.6. The van der Waals surface area contributed by atoms with E-state index < -0.39 is 22.5 Å². The molecule has 0 aliphatic rings. The summed E-state index contributed by atoms with van der Waals surface area (Å²) in [6.45, 7) is 2.43. The molecule has 168 valence electrons. The van der Waals surface area contributed by atoms with E-state index in [1.165, 1.54) is 53.8 Å². The molecule has 0 spiro atoms. The smallest absolute Gasteiger partial charge is 0.387 e. The van der Waals surface area contributed by atoms with Crippen LogP contribution in [0.5, 0.6) is 5.75 Å². The van der Waals surface area contributed by atoms with Crippen molar-refractivity contribution < 1.29 is 26.7 Å². The van der Waals surface area contributed by atoms with Crippen LogP contribution in [0.15, 0.2) is 66.1 Å². The van der Waals surface area contributed by atoms with Crippen LogP contribution >= 0.6 is 11.3 Å². The van der Waals surface area contributed by atoms with Crippen molar-refractivity contribution >= 4 is 32.4 Å². The molecule has 0 bridgehead atoms. The summed E-state index contributed by atoms with van der Waals surface area (Å²) in [6.07, 6.45) is 1.41. The van der Waals surface area contributed by atoms with Crippen molar-refractivity contribution in [3.05, 3.63) is 71.6 Å². The Labute approximate surface area is 187 Å². The Balaban J connectivity index is 1.77. The molecule has 11 heteroatoms. The van der Waals surface area contributed by atoms with Gasteiger partial charge < -0.3 is 4.74 Å². The highest BCUT2D eigenvalue weighted by atomic mass is 32.2. The Morgan fingerprint density at radius 1 is 1.25 bits per heavy atom. The van der Waals surface area contributed by atoms with Crippen LogP contribution in [0.1, 0.15) is 15.2 Å². The highest BCUT2D eigenvalue weighted by molar-refractivity contribution is 7.89. The summed E-state index contributed by atoms with van der Waals surface area (Å²) in [6, 6.07) is 11.6. The van der Waals surface area contributed by atoms with Crippen LogP contribution in [0.3, 0.4) is 0 Å². The first-order valence-electron chi connectivity index (χ1n) is 9.24. The molecule has 0 unspecified atom stereocenters. The minimum absolute atomic E-state index is 0.0302. The minimum atomic E-state index is -3.77. The van der Waals surface area contributed by atoms with Gasteiger partial charge in [-0.1, -0.05) is 12.1 Å². The number of carbonyl (C=O) groups is 1. The van der Waals surface area contributed by atoms with Gasteiger partial charge in [0.05, 0.1) is 10.6 Å². The Morgan fingerprint density at radius 2 is 1.97 bits per heavy atom. The number of hydrogen-bond donors (Lipinski definition) is 2.